The average Bonchev–Trinajstić information content (AvgIpc) is 2.67. The van der Waals surface area contributed by atoms with Gasteiger partial charge in [0.2, 0.25) is 0 Å². The number of nitrogens with zero attached hydrogens (tertiary/aromatic N) is 2. The van der Waals surface area contributed by atoms with Gasteiger partial charge in [0.25, 0.3) is 0 Å². The lowest BCUT2D eigenvalue weighted by atomic mass is 9.97. The summed E-state index contributed by atoms with van der Waals surface area (Å²) in [5, 5.41) is 4.00. The molecule has 1 aromatic heterocycles. The number of likely N-dealkylation sites (tertiary alicyclic amines) is 1. The summed E-state index contributed by atoms with van der Waals surface area (Å²) in [7, 11) is 0. The number of hydrogen-bond donors (Lipinski definition) is 1. The standard InChI is InChI=1S/C13H23N3O/c1-10-13(11(2)17-15-10)5-8-16-6-3-12(9-14)4-7-16/h12H,3-9,14H2,1-2H3. The second-order valence-electron chi connectivity index (χ2n) is 5.07. The van der Waals surface area contributed by atoms with E-state index in [2.05, 4.69) is 10.1 Å². The zero-order valence-electron chi connectivity index (χ0n) is 10.9. The Labute approximate surface area is 103 Å². The molecule has 17 heavy (non-hydrogen) atoms. The molecule has 0 amide bonds. The molecule has 1 saturated heterocycles. The first-order valence-electron chi connectivity index (χ1n) is 6.55. The molecular formula is C13H23N3O. The zero-order valence-corrected chi connectivity index (χ0v) is 10.9. The highest BCUT2D eigenvalue weighted by Gasteiger charge is 2.18. The highest BCUT2D eigenvalue weighted by molar-refractivity contribution is 5.20. The molecule has 0 saturated carbocycles. The van der Waals surface area contributed by atoms with Crippen molar-refractivity contribution < 1.29 is 4.52 Å². The van der Waals surface area contributed by atoms with Crippen LogP contribution in [0.3, 0.4) is 0 Å². The Morgan fingerprint density at radius 2 is 2.06 bits per heavy atom. The van der Waals surface area contributed by atoms with Gasteiger partial charge in [0.05, 0.1) is 5.69 Å². The SMILES string of the molecule is Cc1noc(C)c1CCN1CCC(CN)CC1. The van der Waals surface area contributed by atoms with E-state index in [0.29, 0.717) is 0 Å². The minimum atomic E-state index is 0.741. The topological polar surface area (TPSA) is 55.3 Å². The van der Waals surface area contributed by atoms with Gasteiger partial charge in [-0.15, -0.1) is 0 Å². The van der Waals surface area contributed by atoms with Gasteiger partial charge in [-0.05, 0) is 58.7 Å². The van der Waals surface area contributed by atoms with Crippen molar-refractivity contribution in [2.24, 2.45) is 11.7 Å². The van der Waals surface area contributed by atoms with E-state index < -0.39 is 0 Å². The molecule has 2 rings (SSSR count). The van der Waals surface area contributed by atoms with Crippen molar-refractivity contribution in [2.75, 3.05) is 26.2 Å². The summed E-state index contributed by atoms with van der Waals surface area (Å²) < 4.78 is 5.18. The lowest BCUT2D eigenvalue weighted by Gasteiger charge is -2.31. The number of hydrogen-bond acceptors (Lipinski definition) is 4. The molecule has 1 fully saturated rings. The van der Waals surface area contributed by atoms with Crippen molar-refractivity contribution in [3.8, 4) is 0 Å². The molecule has 0 bridgehead atoms. The minimum absolute atomic E-state index is 0.741. The van der Waals surface area contributed by atoms with E-state index in [-0.39, 0.29) is 0 Å². The summed E-state index contributed by atoms with van der Waals surface area (Å²) in [6, 6.07) is 0. The molecule has 4 heteroatoms. The van der Waals surface area contributed by atoms with Gasteiger partial charge in [0.15, 0.2) is 0 Å². The number of nitrogens with two attached hydrogens (primary N) is 1. The van der Waals surface area contributed by atoms with E-state index in [1.807, 2.05) is 13.8 Å². The third-order valence-corrected chi connectivity index (χ3v) is 3.90. The number of piperidine rings is 1. The number of aromatic nitrogens is 1. The van der Waals surface area contributed by atoms with E-state index in [9.17, 15) is 0 Å². The predicted octanol–water partition coefficient (Wildman–Crippen LogP) is 1.50. The molecule has 0 aromatic carbocycles. The van der Waals surface area contributed by atoms with Gasteiger partial charge in [0.1, 0.15) is 5.76 Å². The normalized spacial score (nSPS) is 18.8. The van der Waals surface area contributed by atoms with E-state index in [4.69, 9.17) is 10.3 Å². The molecule has 1 aliphatic rings. The highest BCUT2D eigenvalue weighted by atomic mass is 16.5. The van der Waals surface area contributed by atoms with Crippen LogP contribution in [0.4, 0.5) is 0 Å². The lowest BCUT2D eigenvalue weighted by Crippen LogP contribution is -2.37. The quantitative estimate of drug-likeness (QED) is 0.862. The Hall–Kier alpha value is -0.870. The molecule has 0 spiro atoms. The Balaban J connectivity index is 1.80. The minimum Gasteiger partial charge on any atom is -0.361 e. The molecule has 96 valence electrons. The van der Waals surface area contributed by atoms with Crippen molar-refractivity contribution in [3.05, 3.63) is 17.0 Å². The van der Waals surface area contributed by atoms with Crippen LogP contribution in [-0.2, 0) is 6.42 Å². The second kappa shape index (κ2) is 5.65. The summed E-state index contributed by atoms with van der Waals surface area (Å²) in [5.74, 6) is 1.71. The van der Waals surface area contributed by atoms with Gasteiger partial charge < -0.3 is 15.2 Å². The maximum Gasteiger partial charge on any atom is 0.137 e. The molecule has 0 radical (unpaired) electrons. The Kier molecular flexibility index (Phi) is 4.18. The first-order valence-corrected chi connectivity index (χ1v) is 6.55. The van der Waals surface area contributed by atoms with E-state index in [1.54, 1.807) is 0 Å². The smallest absolute Gasteiger partial charge is 0.137 e. The summed E-state index contributed by atoms with van der Waals surface area (Å²) in [5.41, 5.74) is 8.02. The van der Waals surface area contributed by atoms with Crippen LogP contribution in [-0.4, -0.2) is 36.2 Å². The van der Waals surface area contributed by atoms with Gasteiger partial charge >= 0.3 is 0 Å². The largest absolute Gasteiger partial charge is 0.361 e. The number of aryl methyl sites for hydroxylation is 2. The Morgan fingerprint density at radius 3 is 2.59 bits per heavy atom. The van der Waals surface area contributed by atoms with Crippen molar-refractivity contribution in [3.63, 3.8) is 0 Å². The molecule has 4 nitrogen and oxygen atoms in total. The van der Waals surface area contributed by atoms with Crippen LogP contribution in [0.1, 0.15) is 29.9 Å². The second-order valence-corrected chi connectivity index (χ2v) is 5.07. The zero-order chi connectivity index (χ0) is 12.3. The lowest BCUT2D eigenvalue weighted by molar-refractivity contribution is 0.189. The summed E-state index contributed by atoms with van der Waals surface area (Å²) in [6.45, 7) is 8.34. The Morgan fingerprint density at radius 1 is 1.35 bits per heavy atom. The van der Waals surface area contributed by atoms with Crippen LogP contribution in [0.15, 0.2) is 4.52 Å². The molecule has 1 aliphatic heterocycles. The van der Waals surface area contributed by atoms with Crippen LogP contribution in [0.5, 0.6) is 0 Å². The molecule has 0 unspecified atom stereocenters. The molecule has 1 aromatic rings. The monoisotopic (exact) mass is 237 g/mol. The average molecular weight is 237 g/mol. The number of rotatable bonds is 4. The van der Waals surface area contributed by atoms with Gasteiger partial charge in [-0.2, -0.15) is 0 Å². The third-order valence-electron chi connectivity index (χ3n) is 3.90. The predicted molar refractivity (Wildman–Crippen MR) is 67.9 cm³/mol. The molecular weight excluding hydrogens is 214 g/mol. The van der Waals surface area contributed by atoms with Gasteiger partial charge in [-0.25, -0.2) is 0 Å². The van der Waals surface area contributed by atoms with E-state index in [0.717, 1.165) is 36.9 Å². The fourth-order valence-corrected chi connectivity index (χ4v) is 2.57. The van der Waals surface area contributed by atoms with E-state index in [1.165, 1.54) is 31.5 Å². The van der Waals surface area contributed by atoms with Crippen molar-refractivity contribution >= 4 is 0 Å². The highest BCUT2D eigenvalue weighted by Crippen LogP contribution is 2.18. The molecule has 0 aliphatic carbocycles. The van der Waals surface area contributed by atoms with Crippen LogP contribution in [0.25, 0.3) is 0 Å². The molecule has 0 atom stereocenters. The Bertz CT molecular complexity index is 334. The van der Waals surface area contributed by atoms with E-state index >= 15 is 0 Å². The van der Waals surface area contributed by atoms with Crippen LogP contribution in [0, 0.1) is 19.8 Å². The van der Waals surface area contributed by atoms with Crippen LogP contribution >= 0.6 is 0 Å². The van der Waals surface area contributed by atoms with Crippen molar-refractivity contribution in [1.29, 1.82) is 0 Å². The maximum absolute atomic E-state index is 5.70. The molecule has 2 N–H and O–H groups in total. The fraction of sp³-hybridized carbons (Fsp3) is 0.769. The third kappa shape index (κ3) is 3.07. The fourth-order valence-electron chi connectivity index (χ4n) is 2.57. The summed E-state index contributed by atoms with van der Waals surface area (Å²) in [6.07, 6.45) is 3.55. The van der Waals surface area contributed by atoms with Crippen molar-refractivity contribution in [1.82, 2.24) is 10.1 Å². The summed E-state index contributed by atoms with van der Waals surface area (Å²) in [4.78, 5) is 2.53. The first kappa shape index (κ1) is 12.6. The maximum atomic E-state index is 5.70. The van der Waals surface area contributed by atoms with Gasteiger partial charge in [-0.1, -0.05) is 5.16 Å². The molecule has 2 heterocycles. The first-order chi connectivity index (χ1) is 8.20. The van der Waals surface area contributed by atoms with Gasteiger partial charge in [0, 0.05) is 12.1 Å². The van der Waals surface area contributed by atoms with Crippen LogP contribution < -0.4 is 5.73 Å². The van der Waals surface area contributed by atoms with Crippen molar-refractivity contribution in [2.45, 2.75) is 33.1 Å². The van der Waals surface area contributed by atoms with Crippen LogP contribution in [0.2, 0.25) is 0 Å². The summed E-state index contributed by atoms with van der Waals surface area (Å²) >= 11 is 0. The van der Waals surface area contributed by atoms with Gasteiger partial charge in [-0.3, -0.25) is 0 Å².